The van der Waals surface area contributed by atoms with Crippen LogP contribution in [-0.2, 0) is 21.3 Å². The zero-order valence-electron chi connectivity index (χ0n) is 17.9. The van der Waals surface area contributed by atoms with Gasteiger partial charge in [-0.1, -0.05) is 42.5 Å². The maximum atomic E-state index is 12.5. The molecule has 170 valence electrons. The van der Waals surface area contributed by atoms with Crippen LogP contribution in [0.4, 0.5) is 0 Å². The van der Waals surface area contributed by atoms with Gasteiger partial charge in [0.1, 0.15) is 0 Å². The molecule has 0 aromatic heterocycles. The van der Waals surface area contributed by atoms with Crippen LogP contribution >= 0.6 is 24.0 Å². The van der Waals surface area contributed by atoms with Crippen LogP contribution in [0.25, 0.3) is 0 Å². The van der Waals surface area contributed by atoms with Crippen LogP contribution in [-0.4, -0.2) is 40.7 Å². The maximum absolute atomic E-state index is 12.5. The summed E-state index contributed by atoms with van der Waals surface area (Å²) in [6, 6.07) is 17.1. The Morgan fingerprint density at radius 1 is 1.16 bits per heavy atom. The number of hydrogen-bond acceptors (Lipinski definition) is 4. The molecule has 1 aliphatic rings. The van der Waals surface area contributed by atoms with Crippen molar-refractivity contribution < 1.29 is 13.2 Å². The minimum Gasteiger partial charge on any atom is -0.377 e. The number of nitrogens with one attached hydrogen (secondary N) is 3. The molecule has 0 bridgehead atoms. The highest BCUT2D eigenvalue weighted by atomic mass is 127. The van der Waals surface area contributed by atoms with E-state index in [1.54, 1.807) is 19.2 Å². The minimum absolute atomic E-state index is 0. The number of ether oxygens (including phenoxy) is 1. The molecule has 2 unspecified atom stereocenters. The summed E-state index contributed by atoms with van der Waals surface area (Å²) in [4.78, 5) is 4.52. The predicted octanol–water partition coefficient (Wildman–Crippen LogP) is 3.19. The molecule has 2 atom stereocenters. The van der Waals surface area contributed by atoms with E-state index in [2.05, 4.69) is 39.4 Å². The van der Waals surface area contributed by atoms with Crippen molar-refractivity contribution >= 4 is 40.0 Å². The van der Waals surface area contributed by atoms with Crippen LogP contribution in [0.2, 0.25) is 0 Å². The minimum atomic E-state index is -3.53. The van der Waals surface area contributed by atoms with Crippen molar-refractivity contribution in [3.05, 3.63) is 65.7 Å². The number of aliphatic imine (C=N–C) groups is 1. The first kappa shape index (κ1) is 25.6. The molecular formula is C22H31IN4O3S. The molecule has 1 saturated heterocycles. The first-order valence-corrected chi connectivity index (χ1v) is 11.7. The van der Waals surface area contributed by atoms with E-state index in [1.807, 2.05) is 30.3 Å². The van der Waals surface area contributed by atoms with E-state index in [0.717, 1.165) is 18.4 Å². The smallest absolute Gasteiger partial charge is 0.240 e. The summed E-state index contributed by atoms with van der Waals surface area (Å²) in [6.45, 7) is 3.62. The van der Waals surface area contributed by atoms with Gasteiger partial charge in [-0.05, 0) is 43.0 Å². The molecule has 7 nitrogen and oxygen atoms in total. The molecule has 0 radical (unpaired) electrons. The first-order valence-electron chi connectivity index (χ1n) is 10.2. The molecule has 1 heterocycles. The van der Waals surface area contributed by atoms with Crippen molar-refractivity contribution in [1.82, 2.24) is 15.4 Å². The predicted molar refractivity (Wildman–Crippen MR) is 134 cm³/mol. The number of benzene rings is 2. The molecule has 0 saturated carbocycles. The number of sulfonamides is 1. The lowest BCUT2D eigenvalue weighted by Crippen LogP contribution is -2.38. The van der Waals surface area contributed by atoms with Gasteiger partial charge < -0.3 is 15.4 Å². The van der Waals surface area contributed by atoms with Gasteiger partial charge in [-0.25, -0.2) is 13.1 Å². The summed E-state index contributed by atoms with van der Waals surface area (Å²) in [5.74, 6) is 0.682. The Kier molecular flexibility index (Phi) is 10.2. The van der Waals surface area contributed by atoms with E-state index in [4.69, 9.17) is 4.74 Å². The molecule has 1 fully saturated rings. The van der Waals surface area contributed by atoms with Gasteiger partial charge in [-0.2, -0.15) is 0 Å². The van der Waals surface area contributed by atoms with Crippen LogP contribution in [0.1, 0.15) is 36.9 Å². The lowest BCUT2D eigenvalue weighted by Gasteiger charge is -2.18. The van der Waals surface area contributed by atoms with E-state index in [-0.39, 0.29) is 41.0 Å². The quantitative estimate of drug-likeness (QED) is 0.263. The van der Waals surface area contributed by atoms with Crippen molar-refractivity contribution in [2.24, 2.45) is 4.99 Å². The Bertz CT molecular complexity index is 931. The van der Waals surface area contributed by atoms with Crippen LogP contribution in [0, 0.1) is 0 Å². The van der Waals surface area contributed by atoms with Crippen LogP contribution in [0.3, 0.4) is 0 Å². The Morgan fingerprint density at radius 2 is 1.87 bits per heavy atom. The molecular weight excluding hydrogens is 527 g/mol. The lowest BCUT2D eigenvalue weighted by molar-refractivity contribution is 0.114. The summed E-state index contributed by atoms with van der Waals surface area (Å²) < 4.78 is 33.0. The Hall–Kier alpha value is -1.69. The van der Waals surface area contributed by atoms with Crippen LogP contribution in [0.15, 0.2) is 64.5 Å². The molecule has 0 spiro atoms. The van der Waals surface area contributed by atoms with Crippen molar-refractivity contribution in [2.45, 2.75) is 43.4 Å². The summed E-state index contributed by atoms with van der Waals surface area (Å²) in [6.07, 6.45) is 1.85. The topological polar surface area (TPSA) is 91.8 Å². The van der Waals surface area contributed by atoms with E-state index in [9.17, 15) is 8.42 Å². The fourth-order valence-electron chi connectivity index (χ4n) is 3.29. The molecule has 2 aromatic carbocycles. The summed E-state index contributed by atoms with van der Waals surface area (Å²) >= 11 is 0. The summed E-state index contributed by atoms with van der Waals surface area (Å²) in [5, 5.41) is 6.62. The average Bonchev–Trinajstić information content (AvgIpc) is 3.30. The van der Waals surface area contributed by atoms with Crippen molar-refractivity contribution in [3.63, 3.8) is 0 Å². The van der Waals surface area contributed by atoms with Gasteiger partial charge in [-0.15, -0.1) is 24.0 Å². The van der Waals surface area contributed by atoms with Gasteiger partial charge in [0.2, 0.25) is 10.0 Å². The molecule has 3 N–H and O–H groups in total. The van der Waals surface area contributed by atoms with Crippen molar-refractivity contribution in [3.8, 4) is 0 Å². The molecule has 2 aromatic rings. The van der Waals surface area contributed by atoms with Crippen molar-refractivity contribution in [1.29, 1.82) is 0 Å². The molecule has 0 aliphatic carbocycles. The van der Waals surface area contributed by atoms with Gasteiger partial charge in [0.15, 0.2) is 5.96 Å². The Labute approximate surface area is 202 Å². The Balaban J connectivity index is 0.00000341. The van der Waals surface area contributed by atoms with Gasteiger partial charge in [-0.3, -0.25) is 4.99 Å². The number of halogens is 1. The standard InChI is InChI=1S/C22H30N4O3S.HI/c1-17(19-7-4-3-5-8-19)26-22(23-2)24-15-18-10-12-21(13-11-18)30(27,28)25-16-20-9-6-14-29-20;/h3-5,7-8,10-13,17,20,25H,6,9,14-16H2,1-2H3,(H2,23,24,26);1H. The average molecular weight is 558 g/mol. The number of hydrogen-bond donors (Lipinski definition) is 3. The normalized spacial score (nSPS) is 17.6. The molecule has 31 heavy (non-hydrogen) atoms. The van der Waals surface area contributed by atoms with E-state index >= 15 is 0 Å². The van der Waals surface area contributed by atoms with Crippen molar-refractivity contribution in [2.75, 3.05) is 20.2 Å². The van der Waals surface area contributed by atoms with Gasteiger partial charge >= 0.3 is 0 Å². The zero-order chi connectivity index (χ0) is 21.4. The third-order valence-electron chi connectivity index (χ3n) is 5.10. The summed E-state index contributed by atoms with van der Waals surface area (Å²) in [7, 11) is -1.81. The van der Waals surface area contributed by atoms with E-state index < -0.39 is 10.0 Å². The third-order valence-corrected chi connectivity index (χ3v) is 6.53. The highest BCUT2D eigenvalue weighted by Gasteiger charge is 2.20. The number of nitrogens with zero attached hydrogens (tertiary/aromatic N) is 1. The first-order chi connectivity index (χ1) is 14.5. The second kappa shape index (κ2) is 12.4. The van der Waals surface area contributed by atoms with Gasteiger partial charge in [0.25, 0.3) is 0 Å². The molecule has 3 rings (SSSR count). The second-order valence-corrected chi connectivity index (χ2v) is 9.10. The fraction of sp³-hybridized carbons (Fsp3) is 0.409. The highest BCUT2D eigenvalue weighted by Crippen LogP contribution is 2.14. The van der Waals surface area contributed by atoms with Crippen LogP contribution < -0.4 is 15.4 Å². The van der Waals surface area contributed by atoms with Gasteiger partial charge in [0.05, 0.1) is 17.0 Å². The summed E-state index contributed by atoms with van der Waals surface area (Å²) in [5.41, 5.74) is 2.13. The van der Waals surface area contributed by atoms with Gasteiger partial charge in [0, 0.05) is 26.7 Å². The number of rotatable bonds is 8. The van der Waals surface area contributed by atoms with E-state index in [0.29, 0.717) is 25.7 Å². The van der Waals surface area contributed by atoms with Crippen LogP contribution in [0.5, 0.6) is 0 Å². The number of guanidine groups is 1. The zero-order valence-corrected chi connectivity index (χ0v) is 21.0. The third kappa shape index (κ3) is 7.74. The monoisotopic (exact) mass is 558 g/mol. The Morgan fingerprint density at radius 3 is 2.48 bits per heavy atom. The SMILES string of the molecule is CN=C(NCc1ccc(S(=O)(=O)NCC2CCCO2)cc1)NC(C)c1ccccc1.I. The van der Waals surface area contributed by atoms with E-state index in [1.165, 1.54) is 5.56 Å². The fourth-order valence-corrected chi connectivity index (χ4v) is 4.35. The maximum Gasteiger partial charge on any atom is 0.240 e. The second-order valence-electron chi connectivity index (χ2n) is 7.33. The highest BCUT2D eigenvalue weighted by molar-refractivity contribution is 14.0. The molecule has 0 amide bonds. The molecule has 1 aliphatic heterocycles. The molecule has 9 heteroatoms. The largest absolute Gasteiger partial charge is 0.377 e. The lowest BCUT2D eigenvalue weighted by atomic mass is 10.1.